The summed E-state index contributed by atoms with van der Waals surface area (Å²) in [4.78, 5) is 0. The molecule has 112 valence electrons. The fourth-order valence-corrected chi connectivity index (χ4v) is 1.85. The van der Waals surface area contributed by atoms with Crippen molar-refractivity contribution in [2.45, 2.75) is 25.1 Å². The lowest BCUT2D eigenvalue weighted by atomic mass is 10.0. The highest BCUT2D eigenvalue weighted by molar-refractivity contribution is 5.33. The first-order valence-corrected chi connectivity index (χ1v) is 6.52. The number of alkyl halides is 3. The van der Waals surface area contributed by atoms with Gasteiger partial charge in [0.05, 0.1) is 6.10 Å². The van der Waals surface area contributed by atoms with Crippen LogP contribution in [0, 0.1) is 0 Å². The van der Waals surface area contributed by atoms with E-state index in [0.717, 1.165) is 0 Å². The molecular formula is C16H15F3O2. The molecular weight excluding hydrogens is 281 g/mol. The van der Waals surface area contributed by atoms with E-state index in [1.54, 1.807) is 36.4 Å². The number of aliphatic hydroxyl groups excluding tert-OH is 1. The van der Waals surface area contributed by atoms with E-state index in [-0.39, 0.29) is 6.42 Å². The molecule has 0 aromatic heterocycles. The lowest BCUT2D eigenvalue weighted by molar-refractivity contribution is -0.140. The van der Waals surface area contributed by atoms with Gasteiger partial charge in [-0.2, -0.15) is 13.2 Å². The maximum absolute atomic E-state index is 12.1. The molecule has 0 saturated heterocycles. The molecule has 2 aromatic rings. The molecule has 1 atom stereocenters. The molecule has 0 heterocycles. The predicted octanol–water partition coefficient (Wildman–Crippen LogP) is 4.85. The van der Waals surface area contributed by atoms with Crippen LogP contribution in [-0.4, -0.2) is 11.3 Å². The second-order valence-corrected chi connectivity index (χ2v) is 4.65. The zero-order valence-electron chi connectivity index (χ0n) is 11.2. The van der Waals surface area contributed by atoms with Gasteiger partial charge in [0.2, 0.25) is 0 Å². The van der Waals surface area contributed by atoms with Crippen molar-refractivity contribution >= 4 is 0 Å². The van der Waals surface area contributed by atoms with Gasteiger partial charge in [0.25, 0.3) is 0 Å². The van der Waals surface area contributed by atoms with Gasteiger partial charge in [0, 0.05) is 6.42 Å². The minimum absolute atomic E-state index is 0.345. The van der Waals surface area contributed by atoms with Crippen LogP contribution in [0.3, 0.4) is 0 Å². The first-order valence-electron chi connectivity index (χ1n) is 6.52. The number of hydrogen-bond acceptors (Lipinski definition) is 2. The van der Waals surface area contributed by atoms with E-state index in [2.05, 4.69) is 0 Å². The molecule has 2 nitrogen and oxygen atoms in total. The predicted molar refractivity (Wildman–Crippen MR) is 73.2 cm³/mol. The molecule has 0 radical (unpaired) electrons. The molecule has 0 saturated carbocycles. The zero-order chi connectivity index (χ0) is 15.3. The molecule has 0 aliphatic carbocycles. The average Bonchev–Trinajstić information content (AvgIpc) is 2.46. The van der Waals surface area contributed by atoms with Gasteiger partial charge in [-0.15, -0.1) is 0 Å². The second kappa shape index (κ2) is 6.63. The SMILES string of the molecule is OC(CCC(F)(F)F)c1ccc(Oc2ccccc2)cc1. The monoisotopic (exact) mass is 296 g/mol. The van der Waals surface area contributed by atoms with Crippen molar-refractivity contribution in [2.24, 2.45) is 0 Å². The van der Waals surface area contributed by atoms with Gasteiger partial charge in [-0.1, -0.05) is 30.3 Å². The lowest BCUT2D eigenvalue weighted by Gasteiger charge is -2.13. The average molecular weight is 296 g/mol. The highest BCUT2D eigenvalue weighted by atomic mass is 19.4. The summed E-state index contributed by atoms with van der Waals surface area (Å²) < 4.78 is 41.9. The Morgan fingerprint density at radius 3 is 2.05 bits per heavy atom. The van der Waals surface area contributed by atoms with E-state index in [0.29, 0.717) is 17.1 Å². The summed E-state index contributed by atoms with van der Waals surface area (Å²) in [6.07, 6.45) is -6.73. The molecule has 2 aromatic carbocycles. The maximum atomic E-state index is 12.1. The van der Waals surface area contributed by atoms with Crippen molar-refractivity contribution in [3.05, 3.63) is 60.2 Å². The summed E-state index contributed by atoms with van der Waals surface area (Å²) in [5.74, 6) is 1.23. The molecule has 1 N–H and O–H groups in total. The Balaban J connectivity index is 1.95. The van der Waals surface area contributed by atoms with Crippen LogP contribution in [0.2, 0.25) is 0 Å². The maximum Gasteiger partial charge on any atom is 0.389 e. The van der Waals surface area contributed by atoms with E-state index in [4.69, 9.17) is 4.74 Å². The Morgan fingerprint density at radius 2 is 1.48 bits per heavy atom. The Labute approximate surface area is 120 Å². The third-order valence-electron chi connectivity index (χ3n) is 2.95. The first kappa shape index (κ1) is 15.4. The van der Waals surface area contributed by atoms with Crippen molar-refractivity contribution in [3.63, 3.8) is 0 Å². The van der Waals surface area contributed by atoms with E-state index in [1.165, 1.54) is 0 Å². The standard InChI is InChI=1S/C16H15F3O2/c17-16(18,19)11-10-15(20)12-6-8-14(9-7-12)21-13-4-2-1-3-5-13/h1-9,15,20H,10-11H2. The highest BCUT2D eigenvalue weighted by Crippen LogP contribution is 2.29. The van der Waals surface area contributed by atoms with Gasteiger partial charge in [0.1, 0.15) is 11.5 Å². The Bertz CT molecular complexity index is 550. The van der Waals surface area contributed by atoms with Crippen LogP contribution < -0.4 is 4.74 Å². The summed E-state index contributed by atoms with van der Waals surface area (Å²) in [5, 5.41) is 9.72. The summed E-state index contributed by atoms with van der Waals surface area (Å²) in [6.45, 7) is 0. The molecule has 0 aliphatic heterocycles. The van der Waals surface area contributed by atoms with Crippen LogP contribution in [0.4, 0.5) is 13.2 Å². The van der Waals surface area contributed by atoms with Gasteiger partial charge in [-0.25, -0.2) is 0 Å². The van der Waals surface area contributed by atoms with Crippen LogP contribution in [0.1, 0.15) is 24.5 Å². The normalized spacial score (nSPS) is 13.0. The Hall–Kier alpha value is -2.01. The van der Waals surface area contributed by atoms with Crippen molar-refractivity contribution in [1.29, 1.82) is 0 Å². The van der Waals surface area contributed by atoms with Gasteiger partial charge < -0.3 is 9.84 Å². The molecule has 21 heavy (non-hydrogen) atoms. The topological polar surface area (TPSA) is 29.5 Å². The highest BCUT2D eigenvalue weighted by Gasteiger charge is 2.28. The van der Waals surface area contributed by atoms with Gasteiger partial charge in [0.15, 0.2) is 0 Å². The molecule has 1 unspecified atom stereocenters. The van der Waals surface area contributed by atoms with Crippen LogP contribution in [0.5, 0.6) is 11.5 Å². The fourth-order valence-electron chi connectivity index (χ4n) is 1.85. The molecule has 0 fully saturated rings. The number of ether oxygens (including phenoxy) is 1. The minimum Gasteiger partial charge on any atom is -0.457 e. The van der Waals surface area contributed by atoms with Crippen LogP contribution in [0.25, 0.3) is 0 Å². The number of para-hydroxylation sites is 1. The number of hydrogen-bond donors (Lipinski definition) is 1. The van der Waals surface area contributed by atoms with Gasteiger partial charge >= 0.3 is 6.18 Å². The van der Waals surface area contributed by atoms with E-state index in [9.17, 15) is 18.3 Å². The van der Waals surface area contributed by atoms with Crippen molar-refractivity contribution in [1.82, 2.24) is 0 Å². The first-order chi connectivity index (χ1) is 9.94. The number of aliphatic hydroxyl groups is 1. The smallest absolute Gasteiger partial charge is 0.389 e. The summed E-state index contributed by atoms with van der Waals surface area (Å²) in [5.41, 5.74) is 0.444. The van der Waals surface area contributed by atoms with Gasteiger partial charge in [-0.3, -0.25) is 0 Å². The summed E-state index contributed by atoms with van der Waals surface area (Å²) in [7, 11) is 0. The second-order valence-electron chi connectivity index (χ2n) is 4.65. The summed E-state index contributed by atoms with van der Waals surface area (Å²) >= 11 is 0. The molecule has 0 amide bonds. The number of benzene rings is 2. The zero-order valence-corrected chi connectivity index (χ0v) is 11.2. The van der Waals surface area contributed by atoms with Crippen LogP contribution in [0.15, 0.2) is 54.6 Å². The molecule has 0 bridgehead atoms. The van der Waals surface area contributed by atoms with E-state index < -0.39 is 18.7 Å². The fraction of sp³-hybridized carbons (Fsp3) is 0.250. The molecule has 0 aliphatic rings. The Morgan fingerprint density at radius 1 is 0.905 bits per heavy atom. The number of halogens is 3. The summed E-state index contributed by atoms with van der Waals surface area (Å²) in [6, 6.07) is 15.5. The third-order valence-corrected chi connectivity index (χ3v) is 2.95. The van der Waals surface area contributed by atoms with Crippen molar-refractivity contribution in [3.8, 4) is 11.5 Å². The molecule has 0 spiro atoms. The molecule has 2 rings (SSSR count). The Kier molecular flexibility index (Phi) is 4.85. The van der Waals surface area contributed by atoms with Gasteiger partial charge in [-0.05, 0) is 36.2 Å². The third kappa shape index (κ3) is 5.11. The molecule has 5 heteroatoms. The van der Waals surface area contributed by atoms with Crippen molar-refractivity contribution < 1.29 is 23.0 Å². The largest absolute Gasteiger partial charge is 0.457 e. The lowest BCUT2D eigenvalue weighted by Crippen LogP contribution is -2.10. The van der Waals surface area contributed by atoms with E-state index in [1.807, 2.05) is 18.2 Å². The van der Waals surface area contributed by atoms with Crippen LogP contribution >= 0.6 is 0 Å². The van der Waals surface area contributed by atoms with Crippen molar-refractivity contribution in [2.75, 3.05) is 0 Å². The number of rotatable bonds is 5. The van der Waals surface area contributed by atoms with Crippen LogP contribution in [-0.2, 0) is 0 Å². The quantitative estimate of drug-likeness (QED) is 0.854. The minimum atomic E-state index is -4.25. The van der Waals surface area contributed by atoms with E-state index >= 15 is 0 Å².